The Bertz CT molecular complexity index is 1210. The number of allylic oxidation sites excluding steroid dienone is 2. The smallest absolute Gasteiger partial charge is 0.0716 e. The van der Waals surface area contributed by atoms with Crippen LogP contribution in [0.25, 0.3) is 0 Å². The number of benzene rings is 2. The van der Waals surface area contributed by atoms with Crippen molar-refractivity contribution in [3.8, 4) is 0 Å². The van der Waals surface area contributed by atoms with Gasteiger partial charge < -0.3 is 4.90 Å². The van der Waals surface area contributed by atoms with Crippen LogP contribution >= 0.6 is 11.6 Å². The molecule has 3 aliphatic rings. The number of likely N-dealkylation sites (N-methyl/N-ethyl adjacent to an activating group) is 1. The molecule has 0 amide bonds. The molecule has 2 aromatic carbocycles. The summed E-state index contributed by atoms with van der Waals surface area (Å²) < 4.78 is 0. The second-order valence-electron chi connectivity index (χ2n) is 12.2. The average molecular weight is 545 g/mol. The molecule has 4 nitrogen and oxygen atoms in total. The van der Waals surface area contributed by atoms with E-state index in [0.717, 1.165) is 36.0 Å². The van der Waals surface area contributed by atoms with Crippen LogP contribution in [0.4, 0.5) is 5.69 Å². The van der Waals surface area contributed by atoms with E-state index >= 15 is 0 Å². The topological polar surface area (TPSA) is 22.1 Å². The van der Waals surface area contributed by atoms with E-state index in [1.165, 1.54) is 55.4 Å². The molecule has 0 aromatic heterocycles. The highest BCUT2D eigenvalue weighted by Gasteiger charge is 2.43. The lowest BCUT2D eigenvalue weighted by molar-refractivity contribution is 0.114. The molecule has 5 heteroatoms. The lowest BCUT2D eigenvalue weighted by Gasteiger charge is -2.44. The first-order valence-electron chi connectivity index (χ1n) is 14.8. The molecule has 0 N–H and O–H groups in total. The van der Waals surface area contributed by atoms with Gasteiger partial charge in [0.05, 0.1) is 23.3 Å². The van der Waals surface area contributed by atoms with Gasteiger partial charge in [0.15, 0.2) is 0 Å². The molecule has 39 heavy (non-hydrogen) atoms. The highest BCUT2D eigenvalue weighted by Crippen LogP contribution is 2.55. The standard InChI is InChI=1S/C34H45ClN4/c1-6-34(17-18-34)22-26(3)33-27(4)39(30-14-10-13-29(35)21-30)36-23-32(33)38-20-19-37(5)31(24-38)16-15-25(2)28-11-8-7-9-12-28/h7-14,21,23,25-26,31H,4,6,15-20,22,24H2,1-3,5H3. The molecule has 0 radical (unpaired) electrons. The maximum atomic E-state index is 6.36. The largest absolute Gasteiger partial charge is 0.367 e. The highest BCUT2D eigenvalue weighted by molar-refractivity contribution is 6.30. The number of hydrazone groups is 1. The highest BCUT2D eigenvalue weighted by atomic mass is 35.5. The third kappa shape index (κ3) is 6.28. The van der Waals surface area contributed by atoms with Gasteiger partial charge in [-0.3, -0.25) is 4.90 Å². The van der Waals surface area contributed by atoms with Crippen LogP contribution < -0.4 is 5.01 Å². The van der Waals surface area contributed by atoms with E-state index in [4.69, 9.17) is 16.7 Å². The Kier molecular flexibility index (Phi) is 8.54. The Hall–Kier alpha value is -2.56. The Morgan fingerprint density at radius 2 is 1.82 bits per heavy atom. The van der Waals surface area contributed by atoms with E-state index in [9.17, 15) is 0 Å². The second kappa shape index (κ2) is 11.9. The van der Waals surface area contributed by atoms with Crippen LogP contribution in [-0.4, -0.2) is 48.7 Å². The van der Waals surface area contributed by atoms with Gasteiger partial charge in [0.2, 0.25) is 0 Å². The first-order valence-corrected chi connectivity index (χ1v) is 15.2. The normalized spacial score (nSPS) is 22.8. The van der Waals surface area contributed by atoms with Gasteiger partial charge in [0.1, 0.15) is 0 Å². The van der Waals surface area contributed by atoms with Crippen molar-refractivity contribution in [2.45, 2.75) is 71.3 Å². The van der Waals surface area contributed by atoms with Gasteiger partial charge in [-0.05, 0) is 80.2 Å². The van der Waals surface area contributed by atoms with E-state index in [2.05, 4.69) is 86.8 Å². The fourth-order valence-corrected chi connectivity index (χ4v) is 6.81. The summed E-state index contributed by atoms with van der Waals surface area (Å²) in [6.07, 6.45) is 9.65. The number of anilines is 1. The summed E-state index contributed by atoms with van der Waals surface area (Å²) in [6, 6.07) is 19.4. The van der Waals surface area contributed by atoms with Crippen molar-refractivity contribution in [3.63, 3.8) is 0 Å². The predicted octanol–water partition coefficient (Wildman–Crippen LogP) is 8.33. The molecule has 2 aromatic rings. The molecular formula is C34H45ClN4. The minimum absolute atomic E-state index is 0.416. The van der Waals surface area contributed by atoms with Crippen molar-refractivity contribution < 1.29 is 0 Å². The zero-order valence-corrected chi connectivity index (χ0v) is 25.0. The van der Waals surface area contributed by atoms with Gasteiger partial charge in [-0.2, -0.15) is 5.10 Å². The lowest BCUT2D eigenvalue weighted by Crippen LogP contribution is -2.52. The zero-order valence-electron chi connectivity index (χ0n) is 24.2. The van der Waals surface area contributed by atoms with Crippen LogP contribution in [0, 0.1) is 11.3 Å². The Balaban J connectivity index is 1.38. The van der Waals surface area contributed by atoms with Crippen molar-refractivity contribution in [2.24, 2.45) is 16.4 Å². The summed E-state index contributed by atoms with van der Waals surface area (Å²) in [6.45, 7) is 14.9. The van der Waals surface area contributed by atoms with E-state index < -0.39 is 0 Å². The molecule has 2 heterocycles. The molecule has 1 saturated heterocycles. The molecule has 208 valence electrons. The summed E-state index contributed by atoms with van der Waals surface area (Å²) >= 11 is 6.36. The summed E-state index contributed by atoms with van der Waals surface area (Å²) in [5.74, 6) is 0.982. The van der Waals surface area contributed by atoms with Gasteiger partial charge in [0, 0.05) is 36.3 Å². The number of hydrogen-bond acceptors (Lipinski definition) is 4. The Morgan fingerprint density at radius 3 is 2.51 bits per heavy atom. The van der Waals surface area contributed by atoms with Gasteiger partial charge in [0.25, 0.3) is 0 Å². The Labute approximate surface area is 241 Å². The first-order chi connectivity index (χ1) is 18.8. The number of hydrogen-bond donors (Lipinski definition) is 0. The molecule has 1 aliphatic carbocycles. The van der Waals surface area contributed by atoms with Crippen molar-refractivity contribution >= 4 is 23.5 Å². The fraction of sp³-hybridized carbons (Fsp3) is 0.500. The van der Waals surface area contributed by atoms with E-state index in [0.29, 0.717) is 23.3 Å². The van der Waals surface area contributed by atoms with Crippen LogP contribution in [0.5, 0.6) is 0 Å². The van der Waals surface area contributed by atoms with Crippen LogP contribution in [0.15, 0.2) is 83.2 Å². The average Bonchev–Trinajstić information content (AvgIpc) is 3.72. The van der Waals surface area contributed by atoms with E-state index in [1.807, 2.05) is 23.2 Å². The third-order valence-electron chi connectivity index (χ3n) is 9.55. The van der Waals surface area contributed by atoms with Crippen LogP contribution in [0.2, 0.25) is 5.02 Å². The van der Waals surface area contributed by atoms with E-state index in [1.54, 1.807) is 0 Å². The van der Waals surface area contributed by atoms with Crippen molar-refractivity contribution in [3.05, 3.63) is 88.7 Å². The molecule has 0 bridgehead atoms. The number of halogens is 1. The second-order valence-corrected chi connectivity index (χ2v) is 12.6. The van der Waals surface area contributed by atoms with Gasteiger partial charge in [-0.25, -0.2) is 5.01 Å². The zero-order chi connectivity index (χ0) is 27.6. The van der Waals surface area contributed by atoms with E-state index in [-0.39, 0.29) is 0 Å². The summed E-state index contributed by atoms with van der Waals surface area (Å²) in [5.41, 5.74) is 6.52. The summed E-state index contributed by atoms with van der Waals surface area (Å²) in [5, 5.41) is 7.64. The molecule has 3 atom stereocenters. The molecule has 3 unspecified atom stereocenters. The van der Waals surface area contributed by atoms with Crippen LogP contribution in [-0.2, 0) is 0 Å². The molecular weight excluding hydrogens is 500 g/mol. The predicted molar refractivity (Wildman–Crippen MR) is 166 cm³/mol. The molecule has 1 saturated carbocycles. The van der Waals surface area contributed by atoms with Crippen molar-refractivity contribution in [1.29, 1.82) is 0 Å². The molecule has 5 rings (SSSR count). The molecule has 2 aliphatic heterocycles. The van der Waals surface area contributed by atoms with Gasteiger partial charge in [-0.1, -0.05) is 81.8 Å². The minimum atomic E-state index is 0.416. The van der Waals surface area contributed by atoms with Crippen molar-refractivity contribution in [1.82, 2.24) is 9.80 Å². The minimum Gasteiger partial charge on any atom is -0.367 e. The van der Waals surface area contributed by atoms with Gasteiger partial charge >= 0.3 is 0 Å². The maximum absolute atomic E-state index is 6.36. The van der Waals surface area contributed by atoms with Gasteiger partial charge in [-0.15, -0.1) is 0 Å². The Morgan fingerprint density at radius 1 is 1.05 bits per heavy atom. The molecule has 0 spiro atoms. The van der Waals surface area contributed by atoms with Crippen molar-refractivity contribution in [2.75, 3.05) is 31.7 Å². The SMILES string of the molecule is C=C1C(C(C)CC2(CC)CC2)=C(N2CCN(C)C(CCC(C)c3ccccc3)C2)C=NN1c1cccc(Cl)c1. The quantitative estimate of drug-likeness (QED) is 0.300. The fourth-order valence-electron chi connectivity index (χ4n) is 6.63. The maximum Gasteiger partial charge on any atom is 0.0716 e. The molecule has 2 fully saturated rings. The number of piperazine rings is 1. The summed E-state index contributed by atoms with van der Waals surface area (Å²) in [7, 11) is 2.29. The lowest BCUT2D eigenvalue weighted by atomic mass is 9.83. The van der Waals surface area contributed by atoms with Crippen LogP contribution in [0.1, 0.15) is 70.8 Å². The van der Waals surface area contributed by atoms with Crippen LogP contribution in [0.3, 0.4) is 0 Å². The third-order valence-corrected chi connectivity index (χ3v) is 9.78. The first kappa shape index (κ1) is 28.0. The number of nitrogens with zero attached hydrogens (tertiary/aromatic N) is 4. The monoisotopic (exact) mass is 544 g/mol. The summed E-state index contributed by atoms with van der Waals surface area (Å²) in [4.78, 5) is 5.15. The number of rotatable bonds is 10.